The van der Waals surface area contributed by atoms with Crippen molar-refractivity contribution in [2.75, 3.05) is 13.7 Å². The number of carbonyl (C=O) groups is 2. The summed E-state index contributed by atoms with van der Waals surface area (Å²) >= 11 is 8.46. The molecule has 1 heterocycles. The first-order chi connectivity index (χ1) is 17.7. The normalized spacial score (nSPS) is 8.72. The van der Waals surface area contributed by atoms with E-state index in [2.05, 4.69) is 45.5 Å². The van der Waals surface area contributed by atoms with Crippen LogP contribution in [0, 0.1) is 17.9 Å². The lowest BCUT2D eigenvalue weighted by Crippen LogP contribution is -2.11. The van der Waals surface area contributed by atoms with Crippen molar-refractivity contribution in [3.8, 4) is 6.07 Å². The van der Waals surface area contributed by atoms with Gasteiger partial charge in [0.25, 0.3) is 6.54 Å². The van der Waals surface area contributed by atoms with Crippen LogP contribution in [0.4, 0.5) is 0 Å². The molecular formula is C29H34N4O4S2. The number of nitrogens with two attached hydrogens (primary N) is 1. The van der Waals surface area contributed by atoms with Gasteiger partial charge in [-0.3, -0.25) is 14.4 Å². The number of carbonyl (C=O) groups excluding carboxylic acids is 2. The van der Waals surface area contributed by atoms with E-state index in [4.69, 9.17) is 17.6 Å². The summed E-state index contributed by atoms with van der Waals surface area (Å²) in [6.45, 7) is 6.37. The van der Waals surface area contributed by atoms with E-state index in [0.717, 1.165) is 11.1 Å². The van der Waals surface area contributed by atoms with Crippen LogP contribution >= 0.6 is 24.8 Å². The van der Waals surface area contributed by atoms with Crippen molar-refractivity contribution in [2.45, 2.75) is 39.1 Å². The third-order valence-electron chi connectivity index (χ3n) is 4.50. The number of Topliss-reactive ketones (excluding diaryl/α,β-unsaturated/α-hetero) is 1. The van der Waals surface area contributed by atoms with E-state index in [1.165, 1.54) is 13.2 Å². The fourth-order valence-corrected chi connectivity index (χ4v) is 3.24. The van der Waals surface area contributed by atoms with Crippen LogP contribution in [0.2, 0.25) is 0 Å². The van der Waals surface area contributed by atoms with Crippen LogP contribution in [0.25, 0.3) is 4.85 Å². The van der Waals surface area contributed by atoms with E-state index in [-0.39, 0.29) is 50.6 Å². The van der Waals surface area contributed by atoms with Gasteiger partial charge in [0, 0.05) is 12.5 Å². The number of hydrogen-bond acceptors (Lipinski definition) is 7. The zero-order valence-corrected chi connectivity index (χ0v) is 21.9. The van der Waals surface area contributed by atoms with Crippen molar-refractivity contribution in [3.63, 3.8) is 0 Å². The van der Waals surface area contributed by atoms with E-state index in [1.54, 1.807) is 0 Å². The quantitative estimate of drug-likeness (QED) is 0.121. The Morgan fingerprint density at radius 2 is 1.64 bits per heavy atom. The zero-order valence-electron chi connectivity index (χ0n) is 20.1. The topological polar surface area (TPSA) is 130 Å². The maximum Gasteiger partial charge on any atom is 0.313 e. The largest absolute Gasteiger partial charge is 0.469 e. The molecule has 3 aromatic rings. The summed E-state index contributed by atoms with van der Waals surface area (Å²) < 4.78 is 4.40. The van der Waals surface area contributed by atoms with Crippen LogP contribution in [-0.2, 0) is 27.2 Å². The maximum absolute atomic E-state index is 11.4. The number of ketones is 1. The summed E-state index contributed by atoms with van der Waals surface area (Å²) in [6.07, 6.45) is 0.697. The van der Waals surface area contributed by atoms with Gasteiger partial charge in [0.2, 0.25) is 5.56 Å². The Balaban J connectivity index is 0. The van der Waals surface area contributed by atoms with Crippen molar-refractivity contribution in [1.82, 2.24) is 4.98 Å². The molecule has 0 unspecified atom stereocenters. The number of nitrogens with zero attached hydrogens (tertiary/aromatic N) is 2. The van der Waals surface area contributed by atoms with Gasteiger partial charge in [-0.1, -0.05) is 87.7 Å². The molecule has 3 N–H and O–H groups in total. The Kier molecular flexibility index (Phi) is 19.7. The fourth-order valence-electron chi connectivity index (χ4n) is 2.87. The molecule has 0 aliphatic rings. The molecule has 0 spiro atoms. The number of rotatable bonds is 7. The molecule has 0 radical (unpaired) electrons. The number of nitrogens with one attached hydrogen (secondary N) is 1. The summed E-state index contributed by atoms with van der Waals surface area (Å²) in [5.74, 6) is -0.603. The van der Waals surface area contributed by atoms with Crippen molar-refractivity contribution in [2.24, 2.45) is 5.73 Å². The van der Waals surface area contributed by atoms with E-state index in [9.17, 15) is 14.4 Å². The van der Waals surface area contributed by atoms with Gasteiger partial charge in [0.15, 0.2) is 4.99 Å². The van der Waals surface area contributed by atoms with Crippen molar-refractivity contribution in [3.05, 3.63) is 111 Å². The summed E-state index contributed by atoms with van der Waals surface area (Å²) in [4.78, 5) is 39.1. The smallest absolute Gasteiger partial charge is 0.313 e. The minimum atomic E-state index is -0.481. The van der Waals surface area contributed by atoms with Crippen LogP contribution in [0.3, 0.4) is 0 Å². The second kappa shape index (κ2) is 20.8. The molecule has 0 amide bonds. The first-order valence-electron chi connectivity index (χ1n) is 10.8. The lowest BCUT2D eigenvalue weighted by Gasteiger charge is -2.05. The molecule has 1 aromatic heterocycles. The molecule has 10 heteroatoms. The lowest BCUT2D eigenvalue weighted by molar-refractivity contribution is -0.143. The molecule has 8 nitrogen and oxygen atoms in total. The number of methoxy groups -OCH3 is 1. The highest BCUT2D eigenvalue weighted by atomic mass is 32.1. The number of benzene rings is 2. The first kappa shape index (κ1) is 36.9. The fraction of sp³-hybridized carbons (Fsp3) is 0.241. The summed E-state index contributed by atoms with van der Waals surface area (Å²) in [5, 5.41) is 9.37. The molecule has 0 atom stereocenters. The number of aromatic nitrogens is 1. The monoisotopic (exact) mass is 566 g/mol. The Hall–Kier alpha value is -4.25. The molecule has 2 aromatic carbocycles. The Labute approximate surface area is 241 Å². The molecule has 0 bridgehead atoms. The predicted molar refractivity (Wildman–Crippen MR) is 162 cm³/mol. The number of hydrogen-bond donors (Lipinski definition) is 3. The van der Waals surface area contributed by atoms with E-state index >= 15 is 0 Å². The second-order valence-electron chi connectivity index (χ2n) is 7.39. The molecule has 0 saturated heterocycles. The summed E-state index contributed by atoms with van der Waals surface area (Å²) in [5.41, 5.74) is 7.79. The van der Waals surface area contributed by atoms with Crippen LogP contribution < -0.4 is 11.3 Å². The minimum absolute atomic E-state index is 0. The molecule has 39 heavy (non-hydrogen) atoms. The average Bonchev–Trinajstić information content (AvgIpc) is 2.85. The van der Waals surface area contributed by atoms with E-state index in [0.29, 0.717) is 22.6 Å². The van der Waals surface area contributed by atoms with Crippen molar-refractivity contribution >= 4 is 41.6 Å². The molecule has 0 aliphatic carbocycles. The SMILES string of the molecule is C.C.COC(=O)CC(=O)Cc1ccccc1.N#Cc1c(Cc2ccccc2)cc(=O)[nH]c1S.[C-]#[N+]CC(N)=S. The molecule has 206 valence electrons. The number of aromatic amines is 1. The number of thiocarbonyl (C=S) groups is 1. The van der Waals surface area contributed by atoms with Crippen LogP contribution in [0.15, 0.2) is 76.6 Å². The first-order valence-corrected chi connectivity index (χ1v) is 11.7. The van der Waals surface area contributed by atoms with Crippen molar-refractivity contribution < 1.29 is 14.3 Å². The highest BCUT2D eigenvalue weighted by molar-refractivity contribution is 7.80. The van der Waals surface area contributed by atoms with Gasteiger partial charge in [-0.15, -0.1) is 12.6 Å². The third-order valence-corrected chi connectivity index (χ3v) is 4.97. The second-order valence-corrected chi connectivity index (χ2v) is 8.36. The molecule has 0 saturated carbocycles. The number of pyridine rings is 1. The van der Waals surface area contributed by atoms with E-state index in [1.807, 2.05) is 60.7 Å². The average molecular weight is 567 g/mol. The number of thiol groups is 1. The zero-order chi connectivity index (χ0) is 27.6. The van der Waals surface area contributed by atoms with Crippen LogP contribution in [0.1, 0.15) is 43.5 Å². The number of H-pyrrole nitrogens is 1. The molecule has 0 fully saturated rings. The Morgan fingerprint density at radius 3 is 2.08 bits per heavy atom. The standard InChI is InChI=1S/C13H10N2OS.C11H12O3.C3H4N2S.2CH4/c14-8-11-10(7-12(16)15-13(11)17)6-9-4-2-1-3-5-9;1-14-11(13)8-10(12)7-9-5-3-2-4-6-9;1-5-2-3(4)6;;/h1-5,7H,6H2,(H2,15,16,17);2-6H,7-8H2,1H3;2H2,(H2,4,6);2*1H4. The van der Waals surface area contributed by atoms with Gasteiger partial charge < -0.3 is 20.3 Å². The highest BCUT2D eigenvalue weighted by Crippen LogP contribution is 2.16. The minimum Gasteiger partial charge on any atom is -0.469 e. The lowest BCUT2D eigenvalue weighted by atomic mass is 10.0. The third kappa shape index (κ3) is 15.6. The van der Waals surface area contributed by atoms with E-state index < -0.39 is 5.97 Å². The van der Waals surface area contributed by atoms with Gasteiger partial charge >= 0.3 is 5.97 Å². The maximum atomic E-state index is 11.4. The summed E-state index contributed by atoms with van der Waals surface area (Å²) in [6, 6.07) is 22.5. The van der Waals surface area contributed by atoms with Gasteiger partial charge in [-0.05, 0) is 23.1 Å². The van der Waals surface area contributed by atoms with Crippen molar-refractivity contribution in [1.29, 1.82) is 5.26 Å². The molecule has 3 rings (SSSR count). The number of nitriles is 1. The Morgan fingerprint density at radius 1 is 1.10 bits per heavy atom. The predicted octanol–water partition coefficient (Wildman–Crippen LogP) is 4.95. The van der Waals surface area contributed by atoms with Gasteiger partial charge in [-0.2, -0.15) is 5.26 Å². The number of ether oxygens (including phenoxy) is 1. The van der Waals surface area contributed by atoms with Gasteiger partial charge in [-0.25, -0.2) is 6.57 Å². The molecule has 0 aliphatic heterocycles. The molecular weight excluding hydrogens is 532 g/mol. The van der Waals surface area contributed by atoms with Gasteiger partial charge in [0.05, 0.1) is 17.7 Å². The van der Waals surface area contributed by atoms with Crippen LogP contribution in [-0.4, -0.2) is 35.4 Å². The highest BCUT2D eigenvalue weighted by Gasteiger charge is 2.10. The van der Waals surface area contributed by atoms with Gasteiger partial charge in [0.1, 0.15) is 18.3 Å². The summed E-state index contributed by atoms with van der Waals surface area (Å²) in [7, 11) is 1.28. The number of esters is 1. The van der Waals surface area contributed by atoms with Crippen LogP contribution in [0.5, 0.6) is 0 Å². The Bertz CT molecular complexity index is 1330.